The molecular formula is C17H16ClF3N2O. The van der Waals surface area contributed by atoms with E-state index in [0.717, 1.165) is 23.9 Å². The van der Waals surface area contributed by atoms with Gasteiger partial charge < -0.3 is 10.2 Å². The minimum absolute atomic E-state index is 0.00703. The Morgan fingerprint density at radius 2 is 1.83 bits per heavy atom. The minimum Gasteiger partial charge on any atom is -0.362 e. The number of rotatable bonds is 5. The second kappa shape index (κ2) is 7.57. The molecule has 0 fully saturated rings. The quantitative estimate of drug-likeness (QED) is 0.832. The summed E-state index contributed by atoms with van der Waals surface area (Å²) in [6.45, 7) is 2.47. The molecule has 2 aromatic carbocycles. The average Bonchev–Trinajstić information content (AvgIpc) is 2.54. The Balaban J connectivity index is 2.12. The Bertz CT molecular complexity index is 705. The van der Waals surface area contributed by atoms with Crippen LogP contribution in [-0.4, -0.2) is 19.0 Å². The fraction of sp³-hybridized carbons (Fsp3) is 0.235. The van der Waals surface area contributed by atoms with E-state index in [2.05, 4.69) is 5.32 Å². The van der Waals surface area contributed by atoms with E-state index in [4.69, 9.17) is 11.6 Å². The van der Waals surface area contributed by atoms with Gasteiger partial charge in [0.05, 0.1) is 22.8 Å². The molecule has 0 saturated carbocycles. The fourth-order valence-corrected chi connectivity index (χ4v) is 2.35. The van der Waals surface area contributed by atoms with E-state index in [1.165, 1.54) is 0 Å². The van der Waals surface area contributed by atoms with Crippen LogP contribution in [-0.2, 0) is 11.0 Å². The molecule has 0 aliphatic heterocycles. The third kappa shape index (κ3) is 4.64. The highest BCUT2D eigenvalue weighted by molar-refractivity contribution is 6.33. The number of para-hydroxylation sites is 1. The second-order valence-electron chi connectivity index (χ2n) is 5.09. The van der Waals surface area contributed by atoms with Crippen LogP contribution in [0.15, 0.2) is 48.5 Å². The number of nitrogens with one attached hydrogen (secondary N) is 1. The molecule has 0 radical (unpaired) electrons. The second-order valence-corrected chi connectivity index (χ2v) is 5.50. The van der Waals surface area contributed by atoms with Crippen molar-refractivity contribution in [3.8, 4) is 0 Å². The van der Waals surface area contributed by atoms with Crippen molar-refractivity contribution in [3.63, 3.8) is 0 Å². The lowest BCUT2D eigenvalue weighted by molar-refractivity contribution is -0.137. The molecule has 24 heavy (non-hydrogen) atoms. The molecule has 0 bridgehead atoms. The number of halogens is 4. The van der Waals surface area contributed by atoms with Gasteiger partial charge >= 0.3 is 6.18 Å². The highest BCUT2D eigenvalue weighted by Gasteiger charge is 2.31. The molecule has 7 heteroatoms. The van der Waals surface area contributed by atoms with E-state index >= 15 is 0 Å². The number of anilines is 2. The molecule has 0 aliphatic carbocycles. The van der Waals surface area contributed by atoms with Crippen molar-refractivity contribution in [3.05, 3.63) is 59.1 Å². The molecular weight excluding hydrogens is 341 g/mol. The summed E-state index contributed by atoms with van der Waals surface area (Å²) in [6, 6.07) is 12.1. The van der Waals surface area contributed by atoms with Crippen LogP contribution in [0.25, 0.3) is 0 Å². The molecule has 128 valence electrons. The van der Waals surface area contributed by atoms with E-state index in [-0.39, 0.29) is 17.3 Å². The monoisotopic (exact) mass is 356 g/mol. The summed E-state index contributed by atoms with van der Waals surface area (Å²) in [4.78, 5) is 14.0. The molecule has 0 spiro atoms. The smallest absolute Gasteiger partial charge is 0.362 e. The van der Waals surface area contributed by atoms with Crippen molar-refractivity contribution in [1.29, 1.82) is 0 Å². The van der Waals surface area contributed by atoms with Crippen molar-refractivity contribution in [2.45, 2.75) is 13.1 Å². The summed E-state index contributed by atoms with van der Waals surface area (Å²) < 4.78 is 38.3. The van der Waals surface area contributed by atoms with Gasteiger partial charge in [-0.1, -0.05) is 29.8 Å². The van der Waals surface area contributed by atoms with Gasteiger partial charge in [0.1, 0.15) is 0 Å². The Labute approximate surface area is 143 Å². The van der Waals surface area contributed by atoms with Crippen molar-refractivity contribution in [2.24, 2.45) is 0 Å². The number of nitrogens with zero attached hydrogens (tertiary/aromatic N) is 1. The number of alkyl halides is 3. The molecule has 1 amide bonds. The standard InChI is InChI=1S/C17H16ClF3N2O/c1-2-23(13-6-4-3-5-7-13)11-16(24)22-15-10-12(17(19,20)21)8-9-14(15)18/h3-10H,2,11H2,1H3,(H,22,24). The first-order valence-corrected chi connectivity index (χ1v) is 7.65. The van der Waals surface area contributed by atoms with E-state index in [9.17, 15) is 18.0 Å². The zero-order valence-corrected chi connectivity index (χ0v) is 13.7. The summed E-state index contributed by atoms with van der Waals surface area (Å²) in [5.74, 6) is -0.443. The van der Waals surface area contributed by atoms with Crippen LogP contribution in [0.5, 0.6) is 0 Å². The van der Waals surface area contributed by atoms with Crippen molar-refractivity contribution in [2.75, 3.05) is 23.3 Å². The van der Waals surface area contributed by atoms with E-state index in [0.29, 0.717) is 6.54 Å². The van der Waals surface area contributed by atoms with Gasteiger partial charge in [0.25, 0.3) is 0 Å². The van der Waals surface area contributed by atoms with Gasteiger partial charge in [-0.25, -0.2) is 0 Å². The maximum absolute atomic E-state index is 12.8. The summed E-state index contributed by atoms with van der Waals surface area (Å²) in [5, 5.41) is 2.50. The zero-order chi connectivity index (χ0) is 17.7. The lowest BCUT2D eigenvalue weighted by Gasteiger charge is -2.22. The summed E-state index contributed by atoms with van der Waals surface area (Å²) in [5.41, 5.74) is -0.0662. The van der Waals surface area contributed by atoms with Crippen LogP contribution < -0.4 is 10.2 Å². The SMILES string of the molecule is CCN(CC(=O)Nc1cc(C(F)(F)F)ccc1Cl)c1ccccc1. The number of carbonyl (C=O) groups is 1. The predicted octanol–water partition coefficient (Wildman–Crippen LogP) is 4.82. The van der Waals surface area contributed by atoms with Crippen molar-refractivity contribution >= 4 is 28.9 Å². The molecule has 0 saturated heterocycles. The molecule has 3 nitrogen and oxygen atoms in total. The number of hydrogen-bond acceptors (Lipinski definition) is 2. The first-order valence-electron chi connectivity index (χ1n) is 7.28. The van der Waals surface area contributed by atoms with Gasteiger partial charge in [-0.05, 0) is 37.3 Å². The number of likely N-dealkylation sites (N-methyl/N-ethyl adjacent to an activating group) is 1. The van der Waals surface area contributed by atoms with Crippen LogP contribution in [0.4, 0.5) is 24.5 Å². The van der Waals surface area contributed by atoms with Gasteiger partial charge in [0.2, 0.25) is 5.91 Å². The van der Waals surface area contributed by atoms with Gasteiger partial charge in [-0.2, -0.15) is 13.2 Å². The largest absolute Gasteiger partial charge is 0.416 e. The predicted molar refractivity (Wildman–Crippen MR) is 89.4 cm³/mol. The number of amides is 1. The highest BCUT2D eigenvalue weighted by atomic mass is 35.5. The fourth-order valence-electron chi connectivity index (χ4n) is 2.18. The Morgan fingerprint density at radius 1 is 1.17 bits per heavy atom. The summed E-state index contributed by atoms with van der Waals surface area (Å²) in [7, 11) is 0. The zero-order valence-electron chi connectivity index (χ0n) is 12.9. The molecule has 0 heterocycles. The normalized spacial score (nSPS) is 11.2. The van der Waals surface area contributed by atoms with Crippen LogP contribution in [0.2, 0.25) is 5.02 Å². The van der Waals surface area contributed by atoms with Gasteiger partial charge in [-0.15, -0.1) is 0 Å². The maximum atomic E-state index is 12.8. The van der Waals surface area contributed by atoms with Crippen LogP contribution in [0, 0.1) is 0 Å². The number of benzene rings is 2. The van der Waals surface area contributed by atoms with Gasteiger partial charge in [0, 0.05) is 12.2 Å². The lowest BCUT2D eigenvalue weighted by atomic mass is 10.2. The highest BCUT2D eigenvalue weighted by Crippen LogP contribution is 2.33. The van der Waals surface area contributed by atoms with E-state index < -0.39 is 17.6 Å². The average molecular weight is 357 g/mol. The summed E-state index contributed by atoms with van der Waals surface area (Å²) >= 11 is 5.88. The van der Waals surface area contributed by atoms with E-state index in [1.807, 2.05) is 37.3 Å². The van der Waals surface area contributed by atoms with Crippen molar-refractivity contribution in [1.82, 2.24) is 0 Å². The molecule has 2 aromatic rings. The third-order valence-electron chi connectivity index (χ3n) is 3.41. The van der Waals surface area contributed by atoms with Crippen LogP contribution >= 0.6 is 11.6 Å². The third-order valence-corrected chi connectivity index (χ3v) is 3.73. The molecule has 0 atom stereocenters. The first kappa shape index (κ1) is 18.1. The molecule has 0 aliphatic rings. The maximum Gasteiger partial charge on any atom is 0.416 e. The van der Waals surface area contributed by atoms with Gasteiger partial charge in [0.15, 0.2) is 0 Å². The van der Waals surface area contributed by atoms with Crippen LogP contribution in [0.1, 0.15) is 12.5 Å². The topological polar surface area (TPSA) is 32.3 Å². The number of hydrogen-bond donors (Lipinski definition) is 1. The molecule has 0 unspecified atom stereocenters. The van der Waals surface area contributed by atoms with Crippen LogP contribution in [0.3, 0.4) is 0 Å². The number of carbonyl (C=O) groups excluding carboxylic acids is 1. The Hall–Kier alpha value is -2.21. The summed E-state index contributed by atoms with van der Waals surface area (Å²) in [6.07, 6.45) is -4.50. The van der Waals surface area contributed by atoms with Crippen molar-refractivity contribution < 1.29 is 18.0 Å². The lowest BCUT2D eigenvalue weighted by Crippen LogP contribution is -2.33. The van der Waals surface area contributed by atoms with Gasteiger partial charge in [-0.3, -0.25) is 4.79 Å². The molecule has 1 N–H and O–H groups in total. The molecule has 2 rings (SSSR count). The van der Waals surface area contributed by atoms with E-state index in [1.54, 1.807) is 4.90 Å². The first-order chi connectivity index (χ1) is 11.3. The Kier molecular flexibility index (Phi) is 5.72. The Morgan fingerprint density at radius 3 is 2.42 bits per heavy atom. The molecule has 0 aromatic heterocycles. The minimum atomic E-state index is -4.50.